The largest absolute Gasteiger partial charge is 0.362 e. The number of nitrogens with one attached hydrogen (secondary N) is 2. The summed E-state index contributed by atoms with van der Waals surface area (Å²) >= 11 is 0. The maximum Gasteiger partial charge on any atom is 0.269 e. The first-order valence-corrected chi connectivity index (χ1v) is 7.68. The molecule has 23 heavy (non-hydrogen) atoms. The minimum Gasteiger partial charge on any atom is -0.362 e. The van der Waals surface area contributed by atoms with E-state index in [1.807, 2.05) is 6.92 Å². The summed E-state index contributed by atoms with van der Waals surface area (Å²) in [6.45, 7) is 3.35. The van der Waals surface area contributed by atoms with Crippen molar-refractivity contribution in [3.05, 3.63) is 39.9 Å². The van der Waals surface area contributed by atoms with Crippen molar-refractivity contribution >= 4 is 19.3 Å². The normalized spacial score (nSPS) is 13.3. The molecule has 0 aromatic heterocycles. The van der Waals surface area contributed by atoms with Crippen LogP contribution in [0.1, 0.15) is 25.3 Å². The van der Waals surface area contributed by atoms with Gasteiger partial charge in [0.1, 0.15) is 0 Å². The number of non-ortho nitro benzene ring substituents is 1. The Hall–Kier alpha value is -1.93. The average molecular weight is 318 g/mol. The highest BCUT2D eigenvalue weighted by atomic mass is 16.6. The van der Waals surface area contributed by atoms with Gasteiger partial charge in [-0.05, 0) is 31.4 Å². The van der Waals surface area contributed by atoms with E-state index in [9.17, 15) is 14.9 Å². The van der Waals surface area contributed by atoms with Crippen LogP contribution in [-0.4, -0.2) is 43.7 Å². The van der Waals surface area contributed by atoms with E-state index < -0.39 is 10.7 Å². The maximum atomic E-state index is 11.1. The number of nitro groups is 1. The van der Waals surface area contributed by atoms with Crippen LogP contribution < -0.4 is 16.4 Å². The van der Waals surface area contributed by atoms with Gasteiger partial charge < -0.3 is 16.4 Å². The second-order valence-corrected chi connectivity index (χ2v) is 5.49. The number of hydrogen-bond donors (Lipinski definition) is 3. The topological polar surface area (TPSA) is 110 Å². The minimum absolute atomic E-state index is 0.0415. The third-order valence-electron chi connectivity index (χ3n) is 3.58. The molecule has 0 saturated carbocycles. The van der Waals surface area contributed by atoms with Crippen molar-refractivity contribution in [2.24, 2.45) is 5.73 Å². The van der Waals surface area contributed by atoms with Crippen molar-refractivity contribution in [1.82, 2.24) is 10.6 Å². The fraction of sp³-hybridized carbons (Fsp3) is 0.533. The number of nitrogens with zero attached hydrogens (tertiary/aromatic N) is 1. The van der Waals surface area contributed by atoms with Crippen molar-refractivity contribution in [1.29, 1.82) is 0 Å². The van der Waals surface area contributed by atoms with Crippen LogP contribution >= 0.6 is 0 Å². The maximum absolute atomic E-state index is 11.1. The first-order valence-electron chi connectivity index (χ1n) is 7.68. The van der Waals surface area contributed by atoms with E-state index in [-0.39, 0.29) is 17.8 Å². The third kappa shape index (κ3) is 7.76. The third-order valence-corrected chi connectivity index (χ3v) is 3.58. The number of amides is 1. The van der Waals surface area contributed by atoms with Gasteiger partial charge >= 0.3 is 0 Å². The van der Waals surface area contributed by atoms with Crippen molar-refractivity contribution in [2.75, 3.05) is 13.1 Å². The molecule has 0 aliphatic rings. The Morgan fingerprint density at radius 3 is 2.57 bits per heavy atom. The summed E-state index contributed by atoms with van der Waals surface area (Å²) in [5.74, 6) is -0.594. The smallest absolute Gasteiger partial charge is 0.269 e. The van der Waals surface area contributed by atoms with Gasteiger partial charge in [0.25, 0.3) is 5.69 Å². The lowest BCUT2D eigenvalue weighted by molar-refractivity contribution is -0.384. The van der Waals surface area contributed by atoms with E-state index in [0.717, 1.165) is 24.9 Å². The zero-order valence-corrected chi connectivity index (χ0v) is 13.3. The highest BCUT2D eigenvalue weighted by molar-refractivity contribution is 6.57. The highest BCUT2D eigenvalue weighted by Gasteiger charge is 2.12. The van der Waals surface area contributed by atoms with Crippen LogP contribution in [0.25, 0.3) is 0 Å². The van der Waals surface area contributed by atoms with Gasteiger partial charge in [0.05, 0.1) is 4.92 Å². The van der Waals surface area contributed by atoms with Crippen LogP contribution in [0.2, 0.25) is 0 Å². The predicted molar refractivity (Wildman–Crippen MR) is 90.6 cm³/mol. The second kappa shape index (κ2) is 9.96. The lowest BCUT2D eigenvalue weighted by Gasteiger charge is -2.19. The molecule has 0 spiro atoms. The fourth-order valence-corrected chi connectivity index (χ4v) is 2.18. The number of hydrogen-bond acceptors (Lipinski definition) is 5. The van der Waals surface area contributed by atoms with Crippen molar-refractivity contribution in [3.8, 4) is 0 Å². The molecule has 1 aromatic rings. The number of nitro benzene ring substituents is 1. The minimum atomic E-state index is -0.594. The molecule has 0 aliphatic heterocycles. The van der Waals surface area contributed by atoms with E-state index in [1.54, 1.807) is 12.1 Å². The van der Waals surface area contributed by atoms with Crippen LogP contribution in [0, 0.1) is 10.1 Å². The lowest BCUT2D eigenvalue weighted by atomic mass is 10.0. The molecule has 7 nitrogen and oxygen atoms in total. The summed E-state index contributed by atoms with van der Waals surface area (Å²) in [7, 11) is 5.20. The molecule has 0 saturated heterocycles. The predicted octanol–water partition coefficient (Wildman–Crippen LogP) is 1.10. The van der Waals surface area contributed by atoms with E-state index in [2.05, 4.69) is 10.6 Å². The van der Waals surface area contributed by atoms with Gasteiger partial charge in [-0.2, -0.15) is 0 Å². The Bertz CT molecular complexity index is 510. The molecule has 1 rings (SSSR count). The summed E-state index contributed by atoms with van der Waals surface area (Å²) in [5.41, 5.74) is 6.78. The monoisotopic (exact) mass is 318 g/mol. The zero-order valence-electron chi connectivity index (χ0n) is 13.3. The number of rotatable bonds is 10. The standard InChI is InChI=1S/C15H23BN4O3/c1-2-12(17)7-8-18-10-13(19-15(16)21)9-11-3-5-14(6-4-11)20(22)23/h3-6,12-13,18H,2,7-10,17H2,1H3,(H,19,21). The summed E-state index contributed by atoms with van der Waals surface area (Å²) in [6.07, 6.45) is 2.32. The first kappa shape index (κ1) is 19.1. The molecule has 1 amide bonds. The van der Waals surface area contributed by atoms with E-state index in [4.69, 9.17) is 13.6 Å². The number of benzene rings is 1. The number of carbonyl (C=O) groups excluding carboxylic acids is 1. The summed E-state index contributed by atoms with van der Waals surface area (Å²) in [4.78, 5) is 21.3. The van der Waals surface area contributed by atoms with Crippen molar-refractivity contribution < 1.29 is 9.72 Å². The van der Waals surface area contributed by atoms with E-state index >= 15 is 0 Å². The molecule has 124 valence electrons. The van der Waals surface area contributed by atoms with Crippen LogP contribution in [0.5, 0.6) is 0 Å². The van der Waals surface area contributed by atoms with E-state index in [1.165, 1.54) is 12.1 Å². The molecule has 2 radical (unpaired) electrons. The lowest BCUT2D eigenvalue weighted by Crippen LogP contribution is -2.43. The van der Waals surface area contributed by atoms with Crippen LogP contribution in [0.3, 0.4) is 0 Å². The Morgan fingerprint density at radius 2 is 2.04 bits per heavy atom. The van der Waals surface area contributed by atoms with Gasteiger partial charge in [0.2, 0.25) is 7.85 Å². The van der Waals surface area contributed by atoms with Gasteiger partial charge in [-0.25, -0.2) is 0 Å². The molecule has 0 fully saturated rings. The Morgan fingerprint density at radius 1 is 1.39 bits per heavy atom. The number of carbonyl (C=O) groups is 1. The Kier molecular flexibility index (Phi) is 8.28. The Balaban J connectivity index is 2.53. The zero-order chi connectivity index (χ0) is 17.2. The van der Waals surface area contributed by atoms with Gasteiger partial charge in [-0.15, -0.1) is 0 Å². The number of nitrogens with two attached hydrogens (primary N) is 1. The van der Waals surface area contributed by atoms with Gasteiger partial charge in [0.15, 0.2) is 5.81 Å². The molecule has 2 unspecified atom stereocenters. The second-order valence-electron chi connectivity index (χ2n) is 5.49. The average Bonchev–Trinajstić information content (AvgIpc) is 2.51. The van der Waals surface area contributed by atoms with Crippen molar-refractivity contribution in [2.45, 2.75) is 38.3 Å². The molecule has 0 bridgehead atoms. The van der Waals surface area contributed by atoms with Crippen LogP contribution in [-0.2, 0) is 6.42 Å². The molecule has 0 heterocycles. The van der Waals surface area contributed by atoms with Crippen molar-refractivity contribution in [3.63, 3.8) is 0 Å². The molecule has 4 N–H and O–H groups in total. The molecule has 1 aromatic carbocycles. The summed E-state index contributed by atoms with van der Waals surface area (Å²) < 4.78 is 0. The fourth-order valence-electron chi connectivity index (χ4n) is 2.18. The Labute approximate surface area is 137 Å². The van der Waals surface area contributed by atoms with Gasteiger partial charge in [0, 0.05) is 30.8 Å². The summed E-state index contributed by atoms with van der Waals surface area (Å²) in [5, 5.41) is 16.6. The molecule has 2 atom stereocenters. The molecule has 8 heteroatoms. The summed E-state index contributed by atoms with van der Waals surface area (Å²) in [6, 6.07) is 6.24. The highest BCUT2D eigenvalue weighted by Crippen LogP contribution is 2.13. The van der Waals surface area contributed by atoms with Gasteiger partial charge in [-0.1, -0.05) is 19.1 Å². The van der Waals surface area contributed by atoms with Crippen LogP contribution in [0.4, 0.5) is 10.5 Å². The quantitative estimate of drug-likeness (QED) is 0.259. The van der Waals surface area contributed by atoms with Crippen LogP contribution in [0.15, 0.2) is 24.3 Å². The first-order chi connectivity index (χ1) is 10.9. The van der Waals surface area contributed by atoms with E-state index in [0.29, 0.717) is 13.0 Å². The molecular formula is C15H23BN4O3. The SMILES string of the molecule is [B]C(=O)NC(CNCCC(N)CC)Cc1ccc([N+](=O)[O-])cc1. The van der Waals surface area contributed by atoms with Gasteiger partial charge in [-0.3, -0.25) is 14.9 Å². The molecule has 0 aliphatic carbocycles. The molecular weight excluding hydrogens is 295 g/mol.